The van der Waals surface area contributed by atoms with Gasteiger partial charge in [0.15, 0.2) is 16.7 Å². The Morgan fingerprint density at radius 2 is 2.13 bits per heavy atom. The fourth-order valence-corrected chi connectivity index (χ4v) is 4.33. The van der Waals surface area contributed by atoms with Crippen LogP contribution in [0.15, 0.2) is 39.7 Å². The molecule has 1 amide bonds. The van der Waals surface area contributed by atoms with Crippen LogP contribution in [-0.2, 0) is 9.59 Å². The second kappa shape index (κ2) is 11.0. The van der Waals surface area contributed by atoms with Gasteiger partial charge in [0.1, 0.15) is 0 Å². The van der Waals surface area contributed by atoms with E-state index in [9.17, 15) is 9.59 Å². The Morgan fingerprint density at radius 3 is 2.81 bits per heavy atom. The van der Waals surface area contributed by atoms with E-state index in [1.165, 1.54) is 23.1 Å². The number of nitrogens with zero attached hydrogens (tertiary/aromatic N) is 3. The van der Waals surface area contributed by atoms with Crippen LogP contribution in [0.1, 0.15) is 32.3 Å². The van der Waals surface area contributed by atoms with Crippen molar-refractivity contribution in [1.82, 2.24) is 9.88 Å². The highest BCUT2D eigenvalue weighted by Crippen LogP contribution is 2.36. The number of hydrogen-bond donors (Lipinski definition) is 1. The monoisotopic (exact) mass is 461 g/mol. The largest absolute Gasteiger partial charge is 0.490 e. The maximum absolute atomic E-state index is 12.9. The van der Waals surface area contributed by atoms with E-state index in [1.807, 2.05) is 19.2 Å². The molecule has 0 unspecified atom stereocenters. The Kier molecular flexibility index (Phi) is 8.07. The normalized spacial score (nSPS) is 16.3. The second-order valence-corrected chi connectivity index (χ2v) is 8.29. The first-order valence-corrected chi connectivity index (χ1v) is 11.5. The molecule has 2 aromatic rings. The molecule has 8 nitrogen and oxygen atoms in total. The smallest absolute Gasteiger partial charge is 0.306 e. The van der Waals surface area contributed by atoms with E-state index in [0.717, 1.165) is 12.0 Å². The number of carboxylic acids is 1. The molecular formula is C21H23N3O5S2. The Labute approximate surface area is 188 Å². The number of aliphatic carboxylic acids is 1. The molecule has 0 atom stereocenters. The van der Waals surface area contributed by atoms with Gasteiger partial charge in [0.05, 0.1) is 24.5 Å². The standard InChI is InChI=1S/C21H23N3O5S2/c1-3-9-24-19(27)17(31-21(24)23-20-22-8-11-30-20)13-14-5-6-15(16(12-14)28-4-2)29-10-7-18(25)26/h5-6,8,11-13H,3-4,7,9-10H2,1-2H3,(H,25,26)/b17-13+,23-21+. The van der Waals surface area contributed by atoms with Crippen molar-refractivity contribution in [3.63, 3.8) is 0 Å². The van der Waals surface area contributed by atoms with Crippen LogP contribution in [0.3, 0.4) is 0 Å². The summed E-state index contributed by atoms with van der Waals surface area (Å²) >= 11 is 2.73. The third-order valence-corrected chi connectivity index (χ3v) is 5.76. The first kappa shape index (κ1) is 22.8. The second-order valence-electron chi connectivity index (χ2n) is 6.41. The zero-order valence-corrected chi connectivity index (χ0v) is 18.9. The van der Waals surface area contributed by atoms with Crippen LogP contribution < -0.4 is 9.47 Å². The summed E-state index contributed by atoms with van der Waals surface area (Å²) in [5.41, 5.74) is 0.775. The van der Waals surface area contributed by atoms with E-state index < -0.39 is 5.97 Å². The Balaban J connectivity index is 1.84. The van der Waals surface area contributed by atoms with Crippen molar-refractivity contribution >= 4 is 51.4 Å². The minimum Gasteiger partial charge on any atom is -0.490 e. The van der Waals surface area contributed by atoms with Gasteiger partial charge in [-0.25, -0.2) is 4.98 Å². The van der Waals surface area contributed by atoms with E-state index >= 15 is 0 Å². The van der Waals surface area contributed by atoms with E-state index in [0.29, 0.717) is 39.9 Å². The molecule has 1 aromatic carbocycles. The van der Waals surface area contributed by atoms with Crippen LogP contribution in [0, 0.1) is 0 Å². The summed E-state index contributed by atoms with van der Waals surface area (Å²) in [4.78, 5) is 34.6. The Morgan fingerprint density at radius 1 is 1.29 bits per heavy atom. The summed E-state index contributed by atoms with van der Waals surface area (Å²) in [6, 6.07) is 5.30. The minimum absolute atomic E-state index is 0.0484. The Hall–Kier alpha value is -2.85. The Bertz CT molecular complexity index is 989. The highest BCUT2D eigenvalue weighted by atomic mass is 32.2. The topological polar surface area (TPSA) is 101 Å². The molecule has 1 saturated heterocycles. The predicted octanol–water partition coefficient (Wildman–Crippen LogP) is 4.41. The molecule has 3 rings (SSSR count). The maximum Gasteiger partial charge on any atom is 0.306 e. The van der Waals surface area contributed by atoms with Gasteiger partial charge in [-0.05, 0) is 48.9 Å². The molecule has 10 heteroatoms. The minimum atomic E-state index is -0.928. The molecule has 0 saturated carbocycles. The first-order chi connectivity index (χ1) is 15.0. The summed E-state index contributed by atoms with van der Waals surface area (Å²) in [7, 11) is 0. The van der Waals surface area contributed by atoms with E-state index in [2.05, 4.69) is 9.98 Å². The highest BCUT2D eigenvalue weighted by molar-refractivity contribution is 8.18. The number of thiazole rings is 1. The van der Waals surface area contributed by atoms with Gasteiger partial charge in [0, 0.05) is 18.1 Å². The number of benzene rings is 1. The van der Waals surface area contributed by atoms with Crippen LogP contribution in [-0.4, -0.2) is 51.8 Å². The average molecular weight is 462 g/mol. The number of amidine groups is 1. The summed E-state index contributed by atoms with van der Waals surface area (Å²) < 4.78 is 11.2. The van der Waals surface area contributed by atoms with Crippen molar-refractivity contribution in [3.8, 4) is 11.5 Å². The fourth-order valence-electron chi connectivity index (χ4n) is 2.77. The number of thioether (sulfide) groups is 1. The number of carboxylic acid groups (broad SMARTS) is 1. The number of aromatic nitrogens is 1. The van der Waals surface area contributed by atoms with Crippen molar-refractivity contribution in [2.24, 2.45) is 4.99 Å². The number of carbonyl (C=O) groups excluding carboxylic acids is 1. The molecule has 1 N–H and O–H groups in total. The molecule has 0 bridgehead atoms. The molecule has 1 aliphatic rings. The summed E-state index contributed by atoms with van der Waals surface area (Å²) in [6.45, 7) is 4.92. The van der Waals surface area contributed by atoms with E-state index in [4.69, 9.17) is 14.6 Å². The van der Waals surface area contributed by atoms with Crippen LogP contribution in [0.2, 0.25) is 0 Å². The van der Waals surface area contributed by atoms with Gasteiger partial charge in [0.25, 0.3) is 5.91 Å². The van der Waals surface area contributed by atoms with Gasteiger partial charge < -0.3 is 14.6 Å². The number of hydrogen-bond acceptors (Lipinski definition) is 8. The van der Waals surface area contributed by atoms with Gasteiger partial charge in [-0.1, -0.05) is 13.0 Å². The van der Waals surface area contributed by atoms with Gasteiger partial charge in [-0.3, -0.25) is 14.5 Å². The quantitative estimate of drug-likeness (QED) is 0.523. The lowest BCUT2D eigenvalue weighted by molar-refractivity contribution is -0.137. The third-order valence-electron chi connectivity index (χ3n) is 4.08. The number of ether oxygens (including phenoxy) is 2. The lowest BCUT2D eigenvalue weighted by atomic mass is 10.2. The number of amides is 1. The van der Waals surface area contributed by atoms with Gasteiger partial charge >= 0.3 is 5.97 Å². The number of rotatable bonds is 10. The average Bonchev–Trinajstić information content (AvgIpc) is 3.34. The maximum atomic E-state index is 12.9. The molecule has 0 radical (unpaired) electrons. The molecule has 0 spiro atoms. The first-order valence-electron chi connectivity index (χ1n) is 9.82. The van der Waals surface area contributed by atoms with Crippen molar-refractivity contribution in [2.45, 2.75) is 26.7 Å². The zero-order chi connectivity index (χ0) is 22.2. The lowest BCUT2D eigenvalue weighted by Crippen LogP contribution is -2.29. The molecule has 1 fully saturated rings. The van der Waals surface area contributed by atoms with Crippen LogP contribution in [0.5, 0.6) is 11.5 Å². The summed E-state index contributed by atoms with van der Waals surface area (Å²) in [6.07, 6.45) is 4.19. The van der Waals surface area contributed by atoms with E-state index in [-0.39, 0.29) is 18.9 Å². The van der Waals surface area contributed by atoms with Gasteiger partial charge in [-0.2, -0.15) is 4.99 Å². The van der Waals surface area contributed by atoms with Crippen LogP contribution >= 0.6 is 23.1 Å². The zero-order valence-electron chi connectivity index (χ0n) is 17.2. The summed E-state index contributed by atoms with van der Waals surface area (Å²) in [5, 5.41) is 11.9. The number of aliphatic imine (C=N–C) groups is 1. The molecule has 1 aliphatic heterocycles. The van der Waals surface area contributed by atoms with E-state index in [1.54, 1.807) is 35.4 Å². The SMILES string of the molecule is CCCN1C(=O)/C(=C\c2ccc(OCCC(=O)O)c(OCC)c2)S/C1=N/c1nccs1. The summed E-state index contributed by atoms with van der Waals surface area (Å²) in [5.74, 6) is -0.0566. The molecule has 2 heterocycles. The van der Waals surface area contributed by atoms with Gasteiger partial charge in [0.2, 0.25) is 5.13 Å². The van der Waals surface area contributed by atoms with Crippen molar-refractivity contribution < 1.29 is 24.2 Å². The molecule has 164 valence electrons. The van der Waals surface area contributed by atoms with Crippen molar-refractivity contribution in [1.29, 1.82) is 0 Å². The molecule has 31 heavy (non-hydrogen) atoms. The van der Waals surface area contributed by atoms with Crippen molar-refractivity contribution in [2.75, 3.05) is 19.8 Å². The molecule has 0 aliphatic carbocycles. The third kappa shape index (κ3) is 6.08. The van der Waals surface area contributed by atoms with Crippen LogP contribution in [0.25, 0.3) is 6.08 Å². The number of carbonyl (C=O) groups is 2. The lowest BCUT2D eigenvalue weighted by Gasteiger charge is -2.13. The fraction of sp³-hybridized carbons (Fsp3) is 0.333. The van der Waals surface area contributed by atoms with Crippen LogP contribution in [0.4, 0.5) is 5.13 Å². The molecular weight excluding hydrogens is 438 g/mol. The highest BCUT2D eigenvalue weighted by Gasteiger charge is 2.33. The van der Waals surface area contributed by atoms with Gasteiger partial charge in [-0.15, -0.1) is 11.3 Å². The molecule has 1 aromatic heterocycles. The van der Waals surface area contributed by atoms with Crippen molar-refractivity contribution in [3.05, 3.63) is 40.2 Å². The predicted molar refractivity (Wildman–Crippen MR) is 122 cm³/mol.